The summed E-state index contributed by atoms with van der Waals surface area (Å²) in [7, 11) is 0. The maximum atomic E-state index is 11.2. The van der Waals surface area contributed by atoms with E-state index in [-0.39, 0.29) is 5.56 Å². The third-order valence-corrected chi connectivity index (χ3v) is 3.65. The smallest absolute Gasteiger partial charge is 0.335 e. The molecule has 2 aromatic carbocycles. The van der Waals surface area contributed by atoms with Crippen LogP contribution in [0.5, 0.6) is 0 Å². The normalized spacial score (nSPS) is 10.8. The number of carboxylic acid groups (broad SMARTS) is 1. The van der Waals surface area contributed by atoms with Crippen LogP contribution in [-0.4, -0.2) is 16.1 Å². The highest BCUT2D eigenvalue weighted by atomic mass is 35.5. The minimum atomic E-state index is -0.949. The highest BCUT2D eigenvalue weighted by Crippen LogP contribution is 2.32. The molecule has 3 rings (SSSR count). The average Bonchev–Trinajstić information content (AvgIpc) is 2.46. The summed E-state index contributed by atoms with van der Waals surface area (Å²) in [6, 6.07) is 12.7. The first-order chi connectivity index (χ1) is 10.1. The number of carboxylic acids is 1. The number of fused-ring (bicyclic) bond motifs is 1. The molecule has 4 heteroatoms. The number of halogens is 1. The molecule has 21 heavy (non-hydrogen) atoms. The van der Waals surface area contributed by atoms with Crippen molar-refractivity contribution in [1.82, 2.24) is 4.98 Å². The molecule has 0 saturated heterocycles. The third kappa shape index (κ3) is 2.48. The van der Waals surface area contributed by atoms with Crippen molar-refractivity contribution in [1.29, 1.82) is 0 Å². The Morgan fingerprint density at radius 3 is 2.71 bits per heavy atom. The third-order valence-electron chi connectivity index (χ3n) is 3.36. The number of nitrogens with zero attached hydrogens (tertiary/aromatic N) is 1. The van der Waals surface area contributed by atoms with Gasteiger partial charge in [-0.15, -0.1) is 0 Å². The average molecular weight is 298 g/mol. The fourth-order valence-electron chi connectivity index (χ4n) is 2.34. The van der Waals surface area contributed by atoms with E-state index in [9.17, 15) is 4.79 Å². The minimum absolute atomic E-state index is 0.248. The highest BCUT2D eigenvalue weighted by Gasteiger charge is 2.11. The molecule has 0 atom stereocenters. The lowest BCUT2D eigenvalue weighted by Gasteiger charge is -2.09. The van der Waals surface area contributed by atoms with Gasteiger partial charge in [0, 0.05) is 11.8 Å². The van der Waals surface area contributed by atoms with Crippen LogP contribution in [0.2, 0.25) is 5.02 Å². The summed E-state index contributed by atoms with van der Waals surface area (Å²) in [6.45, 7) is 1.92. The van der Waals surface area contributed by atoms with Crippen LogP contribution < -0.4 is 0 Å². The van der Waals surface area contributed by atoms with E-state index in [0.717, 1.165) is 21.9 Å². The van der Waals surface area contributed by atoms with Crippen LogP contribution in [0.3, 0.4) is 0 Å². The van der Waals surface area contributed by atoms with Crippen molar-refractivity contribution in [3.8, 4) is 11.3 Å². The summed E-state index contributed by atoms with van der Waals surface area (Å²) < 4.78 is 0. The number of pyridine rings is 1. The number of aromatic nitrogens is 1. The van der Waals surface area contributed by atoms with Crippen molar-refractivity contribution in [2.75, 3.05) is 0 Å². The second-order valence-corrected chi connectivity index (χ2v) is 5.30. The van der Waals surface area contributed by atoms with E-state index in [4.69, 9.17) is 16.7 Å². The van der Waals surface area contributed by atoms with E-state index in [1.165, 1.54) is 0 Å². The molecular formula is C17H12ClNO2. The number of rotatable bonds is 2. The lowest BCUT2D eigenvalue weighted by atomic mass is 9.99. The Morgan fingerprint density at radius 2 is 2.00 bits per heavy atom. The summed E-state index contributed by atoms with van der Waals surface area (Å²) in [6.07, 6.45) is 1.75. The molecule has 1 heterocycles. The van der Waals surface area contributed by atoms with E-state index in [1.54, 1.807) is 24.4 Å². The van der Waals surface area contributed by atoms with E-state index >= 15 is 0 Å². The monoisotopic (exact) mass is 297 g/mol. The summed E-state index contributed by atoms with van der Waals surface area (Å²) in [5.41, 5.74) is 2.73. The molecular weight excluding hydrogens is 286 g/mol. The number of benzene rings is 2. The van der Waals surface area contributed by atoms with Gasteiger partial charge < -0.3 is 5.11 Å². The van der Waals surface area contributed by atoms with Crippen LogP contribution in [0.1, 0.15) is 15.9 Å². The molecule has 0 aliphatic heterocycles. The molecule has 104 valence electrons. The van der Waals surface area contributed by atoms with Gasteiger partial charge in [0.15, 0.2) is 0 Å². The van der Waals surface area contributed by atoms with Gasteiger partial charge in [0.25, 0.3) is 0 Å². The minimum Gasteiger partial charge on any atom is -0.478 e. The van der Waals surface area contributed by atoms with Gasteiger partial charge in [0.2, 0.25) is 0 Å². The molecule has 1 aromatic heterocycles. The summed E-state index contributed by atoms with van der Waals surface area (Å²) in [5, 5.41) is 11.5. The Morgan fingerprint density at radius 1 is 1.19 bits per heavy atom. The molecule has 0 radical (unpaired) electrons. The van der Waals surface area contributed by atoms with E-state index < -0.39 is 5.97 Å². The van der Waals surface area contributed by atoms with Crippen LogP contribution in [0.4, 0.5) is 0 Å². The molecule has 0 fully saturated rings. The van der Waals surface area contributed by atoms with Crippen molar-refractivity contribution in [3.05, 3.63) is 64.8 Å². The Balaban J connectivity index is 2.31. The van der Waals surface area contributed by atoms with Crippen molar-refractivity contribution in [3.63, 3.8) is 0 Å². The van der Waals surface area contributed by atoms with E-state index in [0.29, 0.717) is 10.7 Å². The molecule has 0 aliphatic rings. The molecule has 1 N–H and O–H groups in total. The molecule has 0 unspecified atom stereocenters. The Bertz CT molecular complexity index is 859. The number of hydrogen-bond donors (Lipinski definition) is 1. The van der Waals surface area contributed by atoms with Gasteiger partial charge in [-0.1, -0.05) is 35.9 Å². The van der Waals surface area contributed by atoms with Crippen molar-refractivity contribution in [2.45, 2.75) is 6.92 Å². The van der Waals surface area contributed by atoms with Crippen molar-refractivity contribution < 1.29 is 9.90 Å². The van der Waals surface area contributed by atoms with E-state index in [2.05, 4.69) is 4.98 Å². The molecule has 3 nitrogen and oxygen atoms in total. The molecule has 0 amide bonds. The summed E-state index contributed by atoms with van der Waals surface area (Å²) in [5.74, 6) is -0.949. The molecule has 0 spiro atoms. The first-order valence-electron chi connectivity index (χ1n) is 6.45. The number of aromatic carboxylic acids is 1. The van der Waals surface area contributed by atoms with Gasteiger partial charge in [-0.3, -0.25) is 4.98 Å². The van der Waals surface area contributed by atoms with Gasteiger partial charge in [0.1, 0.15) is 0 Å². The zero-order valence-electron chi connectivity index (χ0n) is 11.3. The van der Waals surface area contributed by atoms with Crippen LogP contribution in [0.15, 0.2) is 48.7 Å². The van der Waals surface area contributed by atoms with Crippen LogP contribution in [0, 0.1) is 6.92 Å². The van der Waals surface area contributed by atoms with Crippen LogP contribution in [-0.2, 0) is 0 Å². The van der Waals surface area contributed by atoms with Gasteiger partial charge in [-0.05, 0) is 41.5 Å². The van der Waals surface area contributed by atoms with Crippen LogP contribution >= 0.6 is 11.6 Å². The first-order valence-corrected chi connectivity index (χ1v) is 6.82. The Hall–Kier alpha value is -2.39. The molecule has 0 aliphatic carbocycles. The van der Waals surface area contributed by atoms with Crippen molar-refractivity contribution in [2.24, 2.45) is 0 Å². The van der Waals surface area contributed by atoms with Gasteiger partial charge in [0.05, 0.1) is 16.3 Å². The van der Waals surface area contributed by atoms with Gasteiger partial charge in [-0.2, -0.15) is 0 Å². The topological polar surface area (TPSA) is 50.2 Å². The number of aryl methyl sites for hydroxylation is 1. The SMILES string of the molecule is Cc1cnc(-c2cccc3ccc(C(=O)O)cc23)c(Cl)c1. The summed E-state index contributed by atoms with van der Waals surface area (Å²) in [4.78, 5) is 15.6. The maximum absolute atomic E-state index is 11.2. The number of hydrogen-bond acceptors (Lipinski definition) is 2. The van der Waals surface area contributed by atoms with E-state index in [1.807, 2.05) is 31.2 Å². The highest BCUT2D eigenvalue weighted by molar-refractivity contribution is 6.33. The first kappa shape index (κ1) is 13.6. The number of carbonyl (C=O) groups is 1. The molecule has 0 bridgehead atoms. The Labute approximate surface area is 126 Å². The standard InChI is InChI=1S/C17H12ClNO2/c1-10-7-15(18)16(19-9-10)13-4-2-3-11-5-6-12(17(20)21)8-14(11)13/h2-9H,1H3,(H,20,21). The van der Waals surface area contributed by atoms with Crippen molar-refractivity contribution >= 4 is 28.3 Å². The molecule has 3 aromatic rings. The fourth-order valence-corrected chi connectivity index (χ4v) is 2.67. The van der Waals surface area contributed by atoms with Gasteiger partial charge in [-0.25, -0.2) is 4.79 Å². The largest absolute Gasteiger partial charge is 0.478 e. The second-order valence-electron chi connectivity index (χ2n) is 4.89. The summed E-state index contributed by atoms with van der Waals surface area (Å²) >= 11 is 6.29. The Kier molecular flexibility index (Phi) is 3.35. The lowest BCUT2D eigenvalue weighted by molar-refractivity contribution is 0.0697. The molecule has 0 saturated carbocycles. The lowest BCUT2D eigenvalue weighted by Crippen LogP contribution is -1.96. The predicted octanol–water partition coefficient (Wildman–Crippen LogP) is 4.56. The zero-order chi connectivity index (χ0) is 15.0. The van der Waals surface area contributed by atoms with Crippen LogP contribution in [0.25, 0.3) is 22.0 Å². The predicted molar refractivity (Wildman–Crippen MR) is 83.9 cm³/mol. The fraction of sp³-hybridized carbons (Fsp3) is 0.0588. The second kappa shape index (κ2) is 5.19. The maximum Gasteiger partial charge on any atom is 0.335 e. The van der Waals surface area contributed by atoms with Gasteiger partial charge >= 0.3 is 5.97 Å². The quantitative estimate of drug-likeness (QED) is 0.754. The zero-order valence-corrected chi connectivity index (χ0v) is 12.1.